The van der Waals surface area contributed by atoms with Gasteiger partial charge in [-0.05, 0) is 19.4 Å². The Labute approximate surface area is 72.7 Å². The molecule has 1 aliphatic rings. The quantitative estimate of drug-likeness (QED) is 0.621. The Balaban J connectivity index is 2.32. The van der Waals surface area contributed by atoms with Crippen molar-refractivity contribution in [2.45, 2.75) is 19.8 Å². The van der Waals surface area contributed by atoms with E-state index in [9.17, 15) is 8.78 Å². The van der Waals surface area contributed by atoms with Crippen molar-refractivity contribution >= 4 is 0 Å². The lowest BCUT2D eigenvalue weighted by Crippen LogP contribution is -2.56. The summed E-state index contributed by atoms with van der Waals surface area (Å²) in [6.45, 7) is 4.24. The molecule has 0 spiro atoms. The van der Waals surface area contributed by atoms with Crippen LogP contribution in [0.15, 0.2) is 0 Å². The summed E-state index contributed by atoms with van der Waals surface area (Å²) in [5.74, 6) is 0. The second-order valence-corrected chi connectivity index (χ2v) is 3.68. The Hall–Kier alpha value is -0.180. The maximum absolute atomic E-state index is 12.1. The third-order valence-corrected chi connectivity index (χ3v) is 2.81. The highest BCUT2D eigenvalue weighted by molar-refractivity contribution is 4.93. The molecule has 1 aliphatic heterocycles. The van der Waals surface area contributed by atoms with E-state index in [1.54, 1.807) is 0 Å². The van der Waals surface area contributed by atoms with Crippen LogP contribution in [0.2, 0.25) is 0 Å². The van der Waals surface area contributed by atoms with Gasteiger partial charge in [-0.3, -0.25) is 8.78 Å². The number of rotatable bonds is 5. The van der Waals surface area contributed by atoms with Gasteiger partial charge < -0.3 is 4.90 Å². The molecule has 0 aliphatic carbocycles. The van der Waals surface area contributed by atoms with Gasteiger partial charge in [0.25, 0.3) is 0 Å². The van der Waals surface area contributed by atoms with Crippen molar-refractivity contribution in [2.75, 3.05) is 33.0 Å². The molecule has 3 heteroatoms. The summed E-state index contributed by atoms with van der Waals surface area (Å²) in [6, 6.07) is 0. The molecule has 1 nitrogen and oxygen atoms in total. The first-order valence-corrected chi connectivity index (χ1v) is 4.60. The van der Waals surface area contributed by atoms with E-state index in [0.29, 0.717) is 12.8 Å². The topological polar surface area (TPSA) is 3.24 Å². The average Bonchev–Trinajstić information content (AvgIpc) is 1.99. The molecule has 12 heavy (non-hydrogen) atoms. The standard InChI is InChI=1S/C9H17F2N/c1-2-12-7-9(8-12,3-5-10)4-6-11/h2-8H2,1H3. The number of hydrogen-bond acceptors (Lipinski definition) is 1. The zero-order valence-corrected chi connectivity index (χ0v) is 7.65. The summed E-state index contributed by atoms with van der Waals surface area (Å²) in [5, 5.41) is 0. The molecule has 1 heterocycles. The van der Waals surface area contributed by atoms with Gasteiger partial charge in [0.15, 0.2) is 0 Å². The number of likely N-dealkylation sites (tertiary alicyclic amines) is 1. The molecule has 1 fully saturated rings. The van der Waals surface area contributed by atoms with Crippen LogP contribution in [-0.2, 0) is 0 Å². The zero-order chi connectivity index (χ0) is 9.03. The first-order valence-electron chi connectivity index (χ1n) is 4.60. The van der Waals surface area contributed by atoms with E-state index < -0.39 is 0 Å². The SMILES string of the molecule is CCN1CC(CCF)(CCF)C1. The molecule has 0 radical (unpaired) electrons. The molecule has 0 amide bonds. The van der Waals surface area contributed by atoms with Crippen LogP contribution in [0.4, 0.5) is 8.78 Å². The van der Waals surface area contributed by atoms with Crippen molar-refractivity contribution in [3.05, 3.63) is 0 Å². The third kappa shape index (κ3) is 1.94. The first-order chi connectivity index (χ1) is 5.76. The summed E-state index contributed by atoms with van der Waals surface area (Å²) in [4.78, 5) is 2.23. The third-order valence-electron chi connectivity index (χ3n) is 2.81. The maximum Gasteiger partial charge on any atom is 0.0900 e. The highest BCUT2D eigenvalue weighted by Gasteiger charge is 2.41. The van der Waals surface area contributed by atoms with Gasteiger partial charge in [-0.2, -0.15) is 0 Å². The molecule has 0 unspecified atom stereocenters. The lowest BCUT2D eigenvalue weighted by atomic mass is 9.75. The molecule has 0 atom stereocenters. The van der Waals surface area contributed by atoms with Gasteiger partial charge in [-0.25, -0.2) is 0 Å². The van der Waals surface area contributed by atoms with Crippen molar-refractivity contribution in [2.24, 2.45) is 5.41 Å². The average molecular weight is 177 g/mol. The summed E-state index contributed by atoms with van der Waals surface area (Å²) in [7, 11) is 0. The fraction of sp³-hybridized carbons (Fsp3) is 1.00. The van der Waals surface area contributed by atoms with Crippen LogP contribution in [0.1, 0.15) is 19.8 Å². The lowest BCUT2D eigenvalue weighted by molar-refractivity contribution is -0.0178. The van der Waals surface area contributed by atoms with Crippen LogP contribution < -0.4 is 0 Å². The number of alkyl halides is 2. The van der Waals surface area contributed by atoms with E-state index in [0.717, 1.165) is 19.6 Å². The van der Waals surface area contributed by atoms with Gasteiger partial charge in [0.05, 0.1) is 13.3 Å². The summed E-state index contributed by atoms with van der Waals surface area (Å²) in [6.07, 6.45) is 1.07. The summed E-state index contributed by atoms with van der Waals surface area (Å²) >= 11 is 0. The van der Waals surface area contributed by atoms with Gasteiger partial charge in [0.2, 0.25) is 0 Å². The van der Waals surface area contributed by atoms with E-state index in [-0.39, 0.29) is 18.8 Å². The maximum atomic E-state index is 12.1. The Morgan fingerprint density at radius 2 is 1.67 bits per heavy atom. The molecule has 72 valence electrons. The van der Waals surface area contributed by atoms with Crippen molar-refractivity contribution < 1.29 is 8.78 Å². The van der Waals surface area contributed by atoms with Crippen LogP contribution in [-0.4, -0.2) is 37.9 Å². The second-order valence-electron chi connectivity index (χ2n) is 3.68. The van der Waals surface area contributed by atoms with Gasteiger partial charge in [-0.1, -0.05) is 6.92 Å². The van der Waals surface area contributed by atoms with E-state index >= 15 is 0 Å². The molecule has 0 aromatic rings. The van der Waals surface area contributed by atoms with E-state index in [1.807, 2.05) is 0 Å². The Morgan fingerprint density at radius 3 is 2.00 bits per heavy atom. The number of halogens is 2. The van der Waals surface area contributed by atoms with E-state index in [2.05, 4.69) is 11.8 Å². The minimum Gasteiger partial charge on any atom is -0.302 e. The Morgan fingerprint density at radius 1 is 1.17 bits per heavy atom. The van der Waals surface area contributed by atoms with Crippen molar-refractivity contribution in [1.82, 2.24) is 4.90 Å². The molecule has 0 aromatic heterocycles. The van der Waals surface area contributed by atoms with Crippen LogP contribution in [0, 0.1) is 5.41 Å². The summed E-state index contributed by atoms with van der Waals surface area (Å²) in [5.41, 5.74) is -0.0283. The fourth-order valence-electron chi connectivity index (χ4n) is 1.97. The molecule has 1 rings (SSSR count). The second kappa shape index (κ2) is 4.17. The number of nitrogens with zero attached hydrogens (tertiary/aromatic N) is 1. The highest BCUT2D eigenvalue weighted by atomic mass is 19.1. The first kappa shape index (κ1) is 9.90. The normalized spacial score (nSPS) is 22.2. The fourth-order valence-corrected chi connectivity index (χ4v) is 1.97. The van der Waals surface area contributed by atoms with E-state index in [1.165, 1.54) is 0 Å². The predicted octanol–water partition coefficient (Wildman–Crippen LogP) is 2.03. The Bertz CT molecular complexity index is 124. The van der Waals surface area contributed by atoms with E-state index in [4.69, 9.17) is 0 Å². The van der Waals surface area contributed by atoms with Crippen LogP contribution in [0.3, 0.4) is 0 Å². The van der Waals surface area contributed by atoms with Gasteiger partial charge >= 0.3 is 0 Å². The zero-order valence-electron chi connectivity index (χ0n) is 7.65. The van der Waals surface area contributed by atoms with Crippen molar-refractivity contribution in [3.8, 4) is 0 Å². The van der Waals surface area contributed by atoms with Crippen molar-refractivity contribution in [3.63, 3.8) is 0 Å². The van der Waals surface area contributed by atoms with Gasteiger partial charge in [-0.15, -0.1) is 0 Å². The predicted molar refractivity (Wildman–Crippen MR) is 45.7 cm³/mol. The Kier molecular flexibility index (Phi) is 3.44. The molecule has 0 saturated carbocycles. The largest absolute Gasteiger partial charge is 0.302 e. The van der Waals surface area contributed by atoms with Crippen LogP contribution in [0.25, 0.3) is 0 Å². The highest BCUT2D eigenvalue weighted by Crippen LogP contribution is 2.37. The molecule has 1 saturated heterocycles. The van der Waals surface area contributed by atoms with Gasteiger partial charge in [0, 0.05) is 18.5 Å². The lowest BCUT2D eigenvalue weighted by Gasteiger charge is -2.49. The molecule has 0 aromatic carbocycles. The molecule has 0 bridgehead atoms. The molecular weight excluding hydrogens is 160 g/mol. The molecular formula is C9H17F2N. The minimum atomic E-state index is -0.308. The molecule has 0 N–H and O–H groups in total. The van der Waals surface area contributed by atoms with Crippen LogP contribution in [0.5, 0.6) is 0 Å². The van der Waals surface area contributed by atoms with Crippen LogP contribution >= 0.6 is 0 Å². The monoisotopic (exact) mass is 177 g/mol. The minimum absolute atomic E-state index is 0.0283. The van der Waals surface area contributed by atoms with Gasteiger partial charge in [0.1, 0.15) is 0 Å². The smallest absolute Gasteiger partial charge is 0.0900 e. The van der Waals surface area contributed by atoms with Crippen molar-refractivity contribution in [1.29, 1.82) is 0 Å². The number of hydrogen-bond donors (Lipinski definition) is 0. The summed E-state index contributed by atoms with van der Waals surface area (Å²) < 4.78 is 24.2.